The number of hydrogen-bond acceptors (Lipinski definition) is 9. The molecule has 9 nitrogen and oxygen atoms in total. The zero-order valence-electron chi connectivity index (χ0n) is 37.7. The zero-order valence-corrected chi connectivity index (χ0v) is 39.5. The van der Waals surface area contributed by atoms with Crippen molar-refractivity contribution in [1.82, 2.24) is 0 Å². The molecule has 0 bridgehead atoms. The van der Waals surface area contributed by atoms with Gasteiger partial charge in [-0.3, -0.25) is 0 Å². The van der Waals surface area contributed by atoms with E-state index in [9.17, 15) is 20.4 Å². The number of aliphatic hydroxyl groups is 4. The third-order valence-corrected chi connectivity index (χ3v) is 13.4. The van der Waals surface area contributed by atoms with Gasteiger partial charge in [-0.05, 0) is 19.3 Å². The SMILES string of the molecule is CCCCCCCCCCCCCCCCCCC(O)C(CO)(CO)C(O)(CCCCC)CCCCCCCCCCCCCCCCCC.OP(O)OP(O)O. The summed E-state index contributed by atoms with van der Waals surface area (Å²) in [5.41, 5.74) is -2.50. The highest BCUT2D eigenvalue weighted by Gasteiger charge is 2.53. The van der Waals surface area contributed by atoms with Crippen molar-refractivity contribution >= 4 is 17.2 Å². The molecule has 0 amide bonds. The van der Waals surface area contributed by atoms with Crippen LogP contribution in [0.2, 0.25) is 0 Å². The van der Waals surface area contributed by atoms with Gasteiger partial charge in [0.05, 0.1) is 30.3 Å². The molecule has 0 fully saturated rings. The Bertz CT molecular complexity index is 770. The van der Waals surface area contributed by atoms with Gasteiger partial charge >= 0.3 is 17.2 Å². The Morgan fingerprint density at radius 3 is 0.860 bits per heavy atom. The quantitative estimate of drug-likeness (QED) is 0.0219. The summed E-state index contributed by atoms with van der Waals surface area (Å²) in [6.07, 6.45) is 45.6. The molecule has 0 aromatic rings. The number of unbranched alkanes of at least 4 members (excludes halogenated alkanes) is 32. The topological polar surface area (TPSA) is 171 Å². The van der Waals surface area contributed by atoms with Crippen molar-refractivity contribution in [2.75, 3.05) is 13.2 Å². The van der Waals surface area contributed by atoms with Crippen molar-refractivity contribution in [3.63, 3.8) is 0 Å². The molecule has 0 saturated carbocycles. The number of aliphatic hydroxyl groups excluding tert-OH is 3. The Labute approximate surface area is 355 Å². The van der Waals surface area contributed by atoms with Crippen LogP contribution in [0.1, 0.15) is 265 Å². The van der Waals surface area contributed by atoms with Gasteiger partial charge in [-0.15, -0.1) is 0 Å². The Morgan fingerprint density at radius 2 is 0.614 bits per heavy atom. The summed E-state index contributed by atoms with van der Waals surface area (Å²) in [6, 6.07) is 0. The van der Waals surface area contributed by atoms with Crippen LogP contribution < -0.4 is 0 Å². The van der Waals surface area contributed by atoms with Gasteiger partial charge in [-0.2, -0.15) is 0 Å². The minimum atomic E-state index is -2.61. The summed E-state index contributed by atoms with van der Waals surface area (Å²) >= 11 is 0. The molecule has 0 aliphatic rings. The molecule has 2 unspecified atom stereocenters. The fourth-order valence-electron chi connectivity index (χ4n) is 8.35. The molecule has 0 heterocycles. The lowest BCUT2D eigenvalue weighted by atomic mass is 9.63. The van der Waals surface area contributed by atoms with Gasteiger partial charge in [0.2, 0.25) is 0 Å². The van der Waals surface area contributed by atoms with Gasteiger partial charge in [0.15, 0.2) is 0 Å². The zero-order chi connectivity index (χ0) is 42.7. The normalized spacial score (nSPS) is 13.6. The Kier molecular flexibility index (Phi) is 46.6. The molecule has 0 aliphatic carbocycles. The van der Waals surface area contributed by atoms with Crippen LogP contribution in [-0.4, -0.2) is 64.9 Å². The largest absolute Gasteiger partial charge is 0.395 e. The molecule has 0 spiro atoms. The lowest BCUT2D eigenvalue weighted by molar-refractivity contribution is -0.193. The van der Waals surface area contributed by atoms with Crippen molar-refractivity contribution in [1.29, 1.82) is 0 Å². The standard InChI is InChI=1S/C46H94O4.H4O5P2/c1-4-7-10-12-14-16-18-20-22-24-26-28-30-32-34-36-39-44(49)45(42-47,43-48)46(50,40-37-9-6-3)41-38-35-33-31-29-27-25-23-21-19-17-15-13-11-8-5-2;1-6(2)5-7(3)4/h44,47-50H,4-43H2,1-3H3;1-4H. The predicted molar refractivity (Wildman–Crippen MR) is 244 cm³/mol. The van der Waals surface area contributed by atoms with E-state index in [2.05, 4.69) is 25.1 Å². The van der Waals surface area contributed by atoms with Crippen LogP contribution in [0.3, 0.4) is 0 Å². The van der Waals surface area contributed by atoms with Crippen LogP contribution in [0.5, 0.6) is 0 Å². The van der Waals surface area contributed by atoms with Crippen molar-refractivity contribution in [2.45, 2.75) is 276 Å². The van der Waals surface area contributed by atoms with E-state index in [0.717, 1.165) is 44.9 Å². The second-order valence-corrected chi connectivity index (χ2v) is 18.9. The molecule has 346 valence electrons. The Morgan fingerprint density at radius 1 is 0.386 bits per heavy atom. The van der Waals surface area contributed by atoms with E-state index in [1.54, 1.807) is 0 Å². The van der Waals surface area contributed by atoms with Gasteiger partial charge < -0.3 is 40.0 Å². The van der Waals surface area contributed by atoms with Crippen molar-refractivity contribution in [3.8, 4) is 0 Å². The number of hydrogen-bond donors (Lipinski definition) is 8. The molecule has 0 aliphatic heterocycles. The molecule has 2 atom stereocenters. The van der Waals surface area contributed by atoms with Crippen LogP contribution in [-0.2, 0) is 4.31 Å². The first-order valence-electron chi connectivity index (χ1n) is 24.3. The van der Waals surface area contributed by atoms with Gasteiger partial charge in [-0.1, -0.05) is 245 Å². The first-order chi connectivity index (χ1) is 27.6. The monoisotopic (exact) mass is 857 g/mol. The van der Waals surface area contributed by atoms with Gasteiger partial charge in [0, 0.05) is 0 Å². The highest BCUT2D eigenvalue weighted by atomic mass is 31.2. The second-order valence-electron chi connectivity index (χ2n) is 17.2. The third kappa shape index (κ3) is 35.8. The van der Waals surface area contributed by atoms with Crippen LogP contribution in [0.25, 0.3) is 0 Å². The summed E-state index contributed by atoms with van der Waals surface area (Å²) in [5, 5.41) is 44.8. The lowest BCUT2D eigenvalue weighted by Gasteiger charge is -2.48. The molecule has 0 aromatic heterocycles. The van der Waals surface area contributed by atoms with E-state index >= 15 is 0 Å². The summed E-state index contributed by atoms with van der Waals surface area (Å²) in [4.78, 5) is 31.3. The molecular weight excluding hydrogens is 758 g/mol. The van der Waals surface area contributed by atoms with Crippen molar-refractivity contribution in [2.24, 2.45) is 5.41 Å². The predicted octanol–water partition coefficient (Wildman–Crippen LogP) is 13.4. The minimum Gasteiger partial charge on any atom is -0.395 e. The minimum absolute atomic E-state index is 0.370. The average molecular weight is 857 g/mol. The molecule has 0 aromatic carbocycles. The van der Waals surface area contributed by atoms with Crippen LogP contribution in [0, 0.1) is 5.41 Å². The molecular formula is C46H98O9P2. The molecule has 0 radical (unpaired) electrons. The fourth-order valence-corrected chi connectivity index (χ4v) is 8.87. The molecule has 57 heavy (non-hydrogen) atoms. The first kappa shape index (κ1) is 59.6. The van der Waals surface area contributed by atoms with E-state index in [-0.39, 0.29) is 13.2 Å². The second kappa shape index (κ2) is 44.6. The fraction of sp³-hybridized carbons (Fsp3) is 1.00. The maximum atomic E-state index is 12.1. The molecule has 8 N–H and O–H groups in total. The van der Waals surface area contributed by atoms with E-state index in [4.69, 9.17) is 19.6 Å². The Hall–Kier alpha value is 0.500. The van der Waals surface area contributed by atoms with Gasteiger partial charge in [0.25, 0.3) is 0 Å². The van der Waals surface area contributed by atoms with Crippen molar-refractivity contribution in [3.05, 3.63) is 0 Å². The summed E-state index contributed by atoms with van der Waals surface area (Å²) in [5.74, 6) is 0. The highest BCUT2D eigenvalue weighted by molar-refractivity contribution is 7.53. The van der Waals surface area contributed by atoms with Crippen LogP contribution in [0.15, 0.2) is 0 Å². The van der Waals surface area contributed by atoms with Gasteiger partial charge in [0.1, 0.15) is 0 Å². The average Bonchev–Trinajstić information content (AvgIpc) is 3.18. The summed E-state index contributed by atoms with van der Waals surface area (Å²) in [6.45, 7) is 5.98. The van der Waals surface area contributed by atoms with Gasteiger partial charge in [-0.25, -0.2) is 4.31 Å². The first-order valence-corrected chi connectivity index (χ1v) is 26.6. The highest BCUT2D eigenvalue weighted by Crippen LogP contribution is 2.44. The van der Waals surface area contributed by atoms with Crippen LogP contribution in [0.4, 0.5) is 0 Å². The van der Waals surface area contributed by atoms with E-state index in [1.165, 1.54) is 180 Å². The molecule has 11 heteroatoms. The third-order valence-electron chi connectivity index (χ3n) is 12.2. The van der Waals surface area contributed by atoms with Crippen molar-refractivity contribution < 1.29 is 44.3 Å². The molecule has 0 rings (SSSR count). The smallest absolute Gasteiger partial charge is 0.334 e. The number of rotatable bonds is 44. The summed E-state index contributed by atoms with van der Waals surface area (Å²) in [7, 11) is -5.22. The van der Waals surface area contributed by atoms with Crippen LogP contribution >= 0.6 is 17.2 Å². The maximum Gasteiger partial charge on any atom is 0.334 e. The summed E-state index contributed by atoms with van der Waals surface area (Å²) < 4.78 is 3.60. The van der Waals surface area contributed by atoms with E-state index < -0.39 is 34.3 Å². The lowest BCUT2D eigenvalue weighted by Crippen LogP contribution is -2.59. The van der Waals surface area contributed by atoms with E-state index in [1.807, 2.05) is 0 Å². The Balaban J connectivity index is 0. The maximum absolute atomic E-state index is 12.1. The van der Waals surface area contributed by atoms with E-state index in [0.29, 0.717) is 19.3 Å². The molecule has 0 saturated heterocycles.